The molecule has 1 aliphatic carbocycles. The number of amides is 2. The van der Waals surface area contributed by atoms with E-state index in [9.17, 15) is 14.7 Å². The van der Waals surface area contributed by atoms with Crippen LogP contribution in [-0.2, 0) is 16.1 Å². The maximum Gasteiger partial charge on any atom is 0.242 e. The van der Waals surface area contributed by atoms with Gasteiger partial charge in [-0.15, -0.1) is 0 Å². The molecular weight excluding hydrogens is 334 g/mol. The second kappa shape index (κ2) is 8.05. The van der Waals surface area contributed by atoms with Crippen molar-refractivity contribution in [2.45, 2.75) is 38.0 Å². The molecule has 1 saturated carbocycles. The first-order valence-corrected chi connectivity index (χ1v) is 9.11. The Morgan fingerprint density at radius 2 is 2.00 bits per heavy atom. The number of methoxy groups -OCH3 is 1. The van der Waals surface area contributed by atoms with Crippen LogP contribution >= 0.6 is 0 Å². The minimum absolute atomic E-state index is 0.00945. The monoisotopic (exact) mass is 361 g/mol. The summed E-state index contributed by atoms with van der Waals surface area (Å²) in [5, 5.41) is 9.72. The van der Waals surface area contributed by atoms with Crippen LogP contribution in [0.15, 0.2) is 24.3 Å². The number of nitrogens with zero attached hydrogens (tertiary/aromatic N) is 2. The van der Waals surface area contributed by atoms with Crippen molar-refractivity contribution in [1.82, 2.24) is 9.80 Å². The van der Waals surface area contributed by atoms with Crippen LogP contribution in [-0.4, -0.2) is 65.6 Å². The summed E-state index contributed by atoms with van der Waals surface area (Å²) in [6, 6.07) is 7.28. The summed E-state index contributed by atoms with van der Waals surface area (Å²) in [4.78, 5) is 28.6. The van der Waals surface area contributed by atoms with Gasteiger partial charge in [0.15, 0.2) is 0 Å². The van der Waals surface area contributed by atoms with E-state index in [4.69, 9.17) is 10.5 Å². The zero-order valence-corrected chi connectivity index (χ0v) is 15.1. The topological polar surface area (TPSA) is 96.1 Å². The second-order valence-corrected chi connectivity index (χ2v) is 7.16. The van der Waals surface area contributed by atoms with Gasteiger partial charge in [0.05, 0.1) is 19.8 Å². The Morgan fingerprint density at radius 3 is 2.62 bits per heavy atom. The van der Waals surface area contributed by atoms with E-state index in [1.165, 1.54) is 0 Å². The number of aliphatic hydroxyl groups is 1. The first kappa shape index (κ1) is 18.7. The second-order valence-electron chi connectivity index (χ2n) is 7.16. The summed E-state index contributed by atoms with van der Waals surface area (Å²) in [7, 11) is 1.62. The van der Waals surface area contributed by atoms with Gasteiger partial charge in [-0.25, -0.2) is 0 Å². The van der Waals surface area contributed by atoms with Crippen LogP contribution in [0.25, 0.3) is 0 Å². The van der Waals surface area contributed by atoms with E-state index in [2.05, 4.69) is 0 Å². The maximum atomic E-state index is 12.7. The normalized spacial score (nSPS) is 26.7. The highest BCUT2D eigenvalue weighted by Gasteiger charge is 2.35. The third-order valence-electron chi connectivity index (χ3n) is 5.37. The molecule has 1 aliphatic heterocycles. The summed E-state index contributed by atoms with van der Waals surface area (Å²) >= 11 is 0. The lowest BCUT2D eigenvalue weighted by Gasteiger charge is -2.38. The lowest BCUT2D eigenvalue weighted by atomic mass is 9.83. The number of carbonyl (C=O) groups is 2. The summed E-state index contributed by atoms with van der Waals surface area (Å²) in [6.45, 7) is 1.71. The molecule has 142 valence electrons. The molecule has 2 amide bonds. The van der Waals surface area contributed by atoms with Crippen molar-refractivity contribution in [2.24, 2.45) is 11.7 Å². The zero-order chi connectivity index (χ0) is 18.7. The lowest BCUT2D eigenvalue weighted by molar-refractivity contribution is -0.149. The molecule has 7 heteroatoms. The molecule has 1 aromatic carbocycles. The Hall–Kier alpha value is -2.12. The largest absolute Gasteiger partial charge is 0.497 e. The van der Waals surface area contributed by atoms with E-state index in [1.54, 1.807) is 16.9 Å². The number of benzene rings is 1. The van der Waals surface area contributed by atoms with Crippen LogP contribution < -0.4 is 10.5 Å². The SMILES string of the molecule is COc1ccc(CN2CCN(C(=O)[C@H]3CC[C@@H](O)[C@H](N)C3)CC2=O)cc1. The molecule has 1 saturated heterocycles. The van der Waals surface area contributed by atoms with Crippen molar-refractivity contribution in [2.75, 3.05) is 26.7 Å². The molecule has 1 heterocycles. The molecule has 2 aliphatic rings. The van der Waals surface area contributed by atoms with Crippen LogP contribution in [0.5, 0.6) is 5.75 Å². The number of aliphatic hydroxyl groups excluding tert-OH is 1. The highest BCUT2D eigenvalue weighted by atomic mass is 16.5. The molecule has 7 nitrogen and oxygen atoms in total. The van der Waals surface area contributed by atoms with Crippen LogP contribution in [0, 0.1) is 5.92 Å². The highest BCUT2D eigenvalue weighted by Crippen LogP contribution is 2.26. The average molecular weight is 361 g/mol. The number of piperazine rings is 1. The number of hydrogen-bond donors (Lipinski definition) is 2. The summed E-state index contributed by atoms with van der Waals surface area (Å²) in [5.74, 6) is 0.547. The molecule has 3 N–H and O–H groups in total. The predicted molar refractivity (Wildman–Crippen MR) is 96.3 cm³/mol. The van der Waals surface area contributed by atoms with E-state index < -0.39 is 6.10 Å². The number of carbonyl (C=O) groups excluding carboxylic acids is 2. The first-order chi connectivity index (χ1) is 12.5. The summed E-state index contributed by atoms with van der Waals surface area (Å²) in [6.07, 6.45) is 1.14. The minimum atomic E-state index is -0.526. The number of rotatable bonds is 4. The van der Waals surface area contributed by atoms with E-state index in [-0.39, 0.29) is 30.3 Å². The van der Waals surface area contributed by atoms with Gasteiger partial charge in [0.1, 0.15) is 5.75 Å². The molecule has 0 aromatic heterocycles. The quantitative estimate of drug-likeness (QED) is 0.807. The third kappa shape index (κ3) is 4.16. The van der Waals surface area contributed by atoms with Crippen LogP contribution in [0.3, 0.4) is 0 Å². The van der Waals surface area contributed by atoms with Gasteiger partial charge >= 0.3 is 0 Å². The van der Waals surface area contributed by atoms with Crippen molar-refractivity contribution in [1.29, 1.82) is 0 Å². The molecule has 3 atom stereocenters. The Kier molecular flexibility index (Phi) is 5.78. The molecular formula is C19H27N3O4. The third-order valence-corrected chi connectivity index (χ3v) is 5.37. The van der Waals surface area contributed by atoms with Crippen LogP contribution in [0.4, 0.5) is 0 Å². The smallest absolute Gasteiger partial charge is 0.242 e. The van der Waals surface area contributed by atoms with Crippen LogP contribution in [0.2, 0.25) is 0 Å². The predicted octanol–water partition coefficient (Wildman–Crippen LogP) is 0.354. The number of ether oxygens (including phenoxy) is 1. The molecule has 0 bridgehead atoms. The maximum absolute atomic E-state index is 12.7. The molecule has 0 unspecified atom stereocenters. The molecule has 2 fully saturated rings. The summed E-state index contributed by atoms with van der Waals surface area (Å²) < 4.78 is 5.14. The fourth-order valence-corrected chi connectivity index (χ4v) is 3.69. The van der Waals surface area contributed by atoms with Crippen molar-refractivity contribution in [3.8, 4) is 5.75 Å². The van der Waals surface area contributed by atoms with Crippen molar-refractivity contribution in [3.05, 3.63) is 29.8 Å². The standard InChI is InChI=1S/C19H27N3O4/c1-26-15-5-2-13(3-6-15)11-21-8-9-22(12-18(21)24)19(25)14-4-7-17(23)16(20)10-14/h2-3,5-6,14,16-17,23H,4,7-12,20H2,1H3/t14-,16+,17+/m0/s1. The highest BCUT2D eigenvalue weighted by molar-refractivity contribution is 5.87. The number of hydrogen-bond acceptors (Lipinski definition) is 5. The van der Waals surface area contributed by atoms with Crippen LogP contribution in [0.1, 0.15) is 24.8 Å². The van der Waals surface area contributed by atoms with Gasteiger partial charge in [0.2, 0.25) is 11.8 Å². The van der Waals surface area contributed by atoms with Gasteiger partial charge < -0.3 is 25.4 Å². The molecule has 0 radical (unpaired) electrons. The molecule has 3 rings (SSSR count). The van der Waals surface area contributed by atoms with Gasteiger partial charge in [-0.05, 0) is 37.0 Å². The Bertz CT molecular complexity index is 649. The molecule has 0 spiro atoms. The lowest BCUT2D eigenvalue weighted by Crippen LogP contribution is -2.54. The van der Waals surface area contributed by atoms with Crippen molar-refractivity contribution < 1.29 is 19.4 Å². The van der Waals surface area contributed by atoms with E-state index in [1.807, 2.05) is 24.3 Å². The minimum Gasteiger partial charge on any atom is -0.497 e. The van der Waals surface area contributed by atoms with Crippen molar-refractivity contribution >= 4 is 11.8 Å². The van der Waals surface area contributed by atoms with E-state index in [0.717, 1.165) is 11.3 Å². The average Bonchev–Trinajstić information content (AvgIpc) is 2.65. The van der Waals surface area contributed by atoms with E-state index in [0.29, 0.717) is 38.9 Å². The van der Waals surface area contributed by atoms with Gasteiger partial charge in [-0.1, -0.05) is 12.1 Å². The molecule has 1 aromatic rings. The van der Waals surface area contributed by atoms with Gasteiger partial charge in [-0.3, -0.25) is 9.59 Å². The van der Waals surface area contributed by atoms with Crippen molar-refractivity contribution in [3.63, 3.8) is 0 Å². The Balaban J connectivity index is 1.54. The Labute approximate surface area is 153 Å². The zero-order valence-electron chi connectivity index (χ0n) is 15.1. The Morgan fingerprint density at radius 1 is 1.27 bits per heavy atom. The number of nitrogens with two attached hydrogens (primary N) is 1. The summed E-state index contributed by atoms with van der Waals surface area (Å²) in [5.41, 5.74) is 6.92. The molecule has 26 heavy (non-hydrogen) atoms. The van der Waals surface area contributed by atoms with Gasteiger partial charge in [0, 0.05) is 31.6 Å². The fourth-order valence-electron chi connectivity index (χ4n) is 3.69. The van der Waals surface area contributed by atoms with Gasteiger partial charge in [-0.2, -0.15) is 0 Å². The van der Waals surface area contributed by atoms with Gasteiger partial charge in [0.25, 0.3) is 0 Å². The van der Waals surface area contributed by atoms with E-state index >= 15 is 0 Å². The first-order valence-electron chi connectivity index (χ1n) is 9.11. The fraction of sp³-hybridized carbons (Fsp3) is 0.579.